The zero-order valence-corrected chi connectivity index (χ0v) is 24.4. The van der Waals surface area contributed by atoms with Gasteiger partial charge in [0.2, 0.25) is 0 Å². The van der Waals surface area contributed by atoms with Gasteiger partial charge in [0.25, 0.3) is 0 Å². The molecule has 0 unspecified atom stereocenters. The van der Waals surface area contributed by atoms with E-state index in [9.17, 15) is 0 Å². The lowest BCUT2D eigenvalue weighted by Gasteiger charge is -2.27. The molecule has 0 aliphatic rings. The fourth-order valence-electron chi connectivity index (χ4n) is 6.55. The third-order valence-corrected chi connectivity index (χ3v) is 8.65. The van der Waals surface area contributed by atoms with Gasteiger partial charge in [-0.3, -0.25) is 0 Å². The van der Waals surface area contributed by atoms with Crippen molar-refractivity contribution in [2.75, 3.05) is 4.90 Å². The van der Waals surface area contributed by atoms with Crippen molar-refractivity contribution in [2.24, 2.45) is 0 Å². The maximum Gasteiger partial charge on any atom is 0.137 e. The first-order valence-corrected chi connectivity index (χ1v) is 15.2. The van der Waals surface area contributed by atoms with Crippen molar-refractivity contribution >= 4 is 60.9 Å². The number of rotatable bonds is 5. The number of fused-ring (bicyclic) bond motifs is 6. The van der Waals surface area contributed by atoms with Crippen molar-refractivity contribution in [1.29, 1.82) is 0 Å². The molecule has 212 valence electrons. The van der Waals surface area contributed by atoms with Gasteiger partial charge in [-0.1, -0.05) is 103 Å². The summed E-state index contributed by atoms with van der Waals surface area (Å²) in [6, 6.07) is 57.4. The first kappa shape index (κ1) is 25.4. The summed E-state index contributed by atoms with van der Waals surface area (Å²) < 4.78 is 12.5. The van der Waals surface area contributed by atoms with Gasteiger partial charge in [-0.05, 0) is 82.9 Å². The Hall–Kier alpha value is -6.06. The number of benzene rings is 7. The van der Waals surface area contributed by atoms with Crippen molar-refractivity contribution in [3.63, 3.8) is 0 Å². The average molecular weight is 578 g/mol. The fourth-order valence-corrected chi connectivity index (χ4v) is 6.55. The summed E-state index contributed by atoms with van der Waals surface area (Å²) in [6.07, 6.45) is 0. The smallest absolute Gasteiger partial charge is 0.137 e. The van der Waals surface area contributed by atoms with E-state index in [0.717, 1.165) is 77.6 Å². The zero-order valence-electron chi connectivity index (χ0n) is 24.4. The number of furan rings is 2. The van der Waals surface area contributed by atoms with E-state index in [1.807, 2.05) is 24.3 Å². The molecule has 0 bridgehead atoms. The molecule has 0 fully saturated rings. The second kappa shape index (κ2) is 10.3. The van der Waals surface area contributed by atoms with Gasteiger partial charge in [0.15, 0.2) is 0 Å². The molecule has 0 radical (unpaired) electrons. The van der Waals surface area contributed by atoms with E-state index in [-0.39, 0.29) is 0 Å². The Bertz CT molecular complexity index is 2500. The van der Waals surface area contributed by atoms with Crippen LogP contribution >= 0.6 is 0 Å². The molecule has 9 aromatic rings. The highest BCUT2D eigenvalue weighted by molar-refractivity contribution is 6.13. The van der Waals surface area contributed by atoms with Crippen LogP contribution in [-0.4, -0.2) is 0 Å². The molecule has 9 rings (SSSR count). The minimum atomic E-state index is 0.867. The van der Waals surface area contributed by atoms with Gasteiger partial charge in [0, 0.05) is 27.5 Å². The third kappa shape index (κ3) is 4.29. The summed E-state index contributed by atoms with van der Waals surface area (Å²) in [7, 11) is 0. The molecule has 0 aliphatic heterocycles. The van der Waals surface area contributed by atoms with Crippen LogP contribution in [0.15, 0.2) is 173 Å². The zero-order chi connectivity index (χ0) is 29.7. The maximum atomic E-state index is 6.33. The monoisotopic (exact) mass is 577 g/mol. The Morgan fingerprint density at radius 2 is 0.867 bits per heavy atom. The summed E-state index contributed by atoms with van der Waals surface area (Å²) in [5.74, 6) is 0. The molecule has 0 N–H and O–H groups in total. The van der Waals surface area contributed by atoms with E-state index in [1.165, 1.54) is 5.56 Å². The molecule has 0 saturated carbocycles. The minimum absolute atomic E-state index is 0.867. The van der Waals surface area contributed by atoms with Crippen LogP contribution in [0.1, 0.15) is 0 Å². The number of hydrogen-bond donors (Lipinski definition) is 0. The Morgan fingerprint density at radius 1 is 0.333 bits per heavy atom. The van der Waals surface area contributed by atoms with E-state index in [0.29, 0.717) is 0 Å². The Labute approximate surface area is 260 Å². The lowest BCUT2D eigenvalue weighted by atomic mass is 10.0. The maximum absolute atomic E-state index is 6.33. The SMILES string of the molecule is c1ccc(-c2cccc(N(c3cccc(-c4ccc5oc6ccccc6c5c4)c3)c3cccc4oc5ccccc5c34)c2)cc1. The highest BCUT2D eigenvalue weighted by Gasteiger charge is 2.20. The Balaban J connectivity index is 1.26. The van der Waals surface area contributed by atoms with Gasteiger partial charge in [-0.2, -0.15) is 0 Å². The lowest BCUT2D eigenvalue weighted by molar-refractivity contribution is 0.668. The first-order valence-electron chi connectivity index (χ1n) is 15.2. The van der Waals surface area contributed by atoms with Crippen LogP contribution in [0.3, 0.4) is 0 Å². The van der Waals surface area contributed by atoms with E-state index in [1.54, 1.807) is 0 Å². The van der Waals surface area contributed by atoms with Crippen LogP contribution in [0, 0.1) is 0 Å². The normalized spacial score (nSPS) is 11.6. The summed E-state index contributed by atoms with van der Waals surface area (Å²) in [5.41, 5.74) is 11.4. The number of nitrogens with zero attached hydrogens (tertiary/aromatic N) is 1. The van der Waals surface area contributed by atoms with Gasteiger partial charge in [0.05, 0.1) is 11.1 Å². The number of anilines is 3. The molecule has 2 heterocycles. The van der Waals surface area contributed by atoms with Gasteiger partial charge >= 0.3 is 0 Å². The average Bonchev–Trinajstić information content (AvgIpc) is 3.68. The van der Waals surface area contributed by atoms with Crippen LogP contribution in [0.25, 0.3) is 66.1 Å². The van der Waals surface area contributed by atoms with Crippen molar-refractivity contribution in [3.8, 4) is 22.3 Å². The summed E-state index contributed by atoms with van der Waals surface area (Å²) in [4.78, 5) is 2.35. The van der Waals surface area contributed by atoms with Crippen LogP contribution in [0.2, 0.25) is 0 Å². The number of para-hydroxylation sites is 2. The molecule has 0 amide bonds. The van der Waals surface area contributed by atoms with Crippen LogP contribution in [-0.2, 0) is 0 Å². The molecule has 2 aromatic heterocycles. The van der Waals surface area contributed by atoms with E-state index in [4.69, 9.17) is 8.83 Å². The van der Waals surface area contributed by atoms with Gasteiger partial charge in [0.1, 0.15) is 22.3 Å². The second-order valence-corrected chi connectivity index (χ2v) is 11.4. The van der Waals surface area contributed by atoms with Crippen molar-refractivity contribution in [1.82, 2.24) is 0 Å². The lowest BCUT2D eigenvalue weighted by Crippen LogP contribution is -2.10. The standard InChI is InChI=1S/C42H27NO2/c1-2-11-28(12-3-1)29-13-8-15-32(25-29)43(37-19-10-22-41-42(37)35-18-5-7-21-39(35)45-41)33-16-9-14-30(26-33)31-23-24-40-36(27-31)34-17-4-6-20-38(34)44-40/h1-27H. The molecule has 0 atom stereocenters. The third-order valence-electron chi connectivity index (χ3n) is 8.65. The highest BCUT2D eigenvalue weighted by atomic mass is 16.3. The number of hydrogen-bond acceptors (Lipinski definition) is 3. The van der Waals surface area contributed by atoms with E-state index in [2.05, 4.69) is 144 Å². The molecular weight excluding hydrogens is 550 g/mol. The molecule has 0 spiro atoms. The molecule has 0 aliphatic carbocycles. The van der Waals surface area contributed by atoms with Gasteiger partial charge < -0.3 is 13.7 Å². The van der Waals surface area contributed by atoms with E-state index >= 15 is 0 Å². The van der Waals surface area contributed by atoms with Crippen molar-refractivity contribution in [2.45, 2.75) is 0 Å². The Kier molecular flexibility index (Phi) is 5.82. The Morgan fingerprint density at radius 3 is 1.64 bits per heavy atom. The highest BCUT2D eigenvalue weighted by Crippen LogP contribution is 2.44. The first-order chi connectivity index (χ1) is 22.3. The quantitative estimate of drug-likeness (QED) is 0.204. The largest absolute Gasteiger partial charge is 0.456 e. The summed E-state index contributed by atoms with van der Waals surface area (Å²) in [5, 5.41) is 4.44. The molecular formula is C42H27NO2. The molecule has 0 saturated heterocycles. The van der Waals surface area contributed by atoms with Crippen LogP contribution < -0.4 is 4.90 Å². The topological polar surface area (TPSA) is 29.5 Å². The van der Waals surface area contributed by atoms with Crippen molar-refractivity contribution < 1.29 is 8.83 Å². The van der Waals surface area contributed by atoms with Crippen LogP contribution in [0.4, 0.5) is 17.1 Å². The predicted molar refractivity (Wildman–Crippen MR) is 187 cm³/mol. The summed E-state index contributed by atoms with van der Waals surface area (Å²) >= 11 is 0. The molecule has 7 aromatic carbocycles. The van der Waals surface area contributed by atoms with Crippen LogP contribution in [0.5, 0.6) is 0 Å². The van der Waals surface area contributed by atoms with Gasteiger partial charge in [-0.25, -0.2) is 0 Å². The summed E-state index contributed by atoms with van der Waals surface area (Å²) in [6.45, 7) is 0. The van der Waals surface area contributed by atoms with E-state index < -0.39 is 0 Å². The molecule has 3 nitrogen and oxygen atoms in total. The minimum Gasteiger partial charge on any atom is -0.456 e. The molecule has 45 heavy (non-hydrogen) atoms. The second-order valence-electron chi connectivity index (χ2n) is 11.4. The fraction of sp³-hybridized carbons (Fsp3) is 0. The van der Waals surface area contributed by atoms with Gasteiger partial charge in [-0.15, -0.1) is 0 Å². The van der Waals surface area contributed by atoms with Crippen molar-refractivity contribution in [3.05, 3.63) is 164 Å². The molecule has 3 heteroatoms. The predicted octanol–water partition coefficient (Wildman–Crippen LogP) is 12.3.